The number of hydrogen-bond acceptors (Lipinski definition) is 3. The van der Waals surface area contributed by atoms with Gasteiger partial charge in [-0.3, -0.25) is 0 Å². The Bertz CT molecular complexity index is 518. The minimum Gasteiger partial charge on any atom is -0.347 e. The van der Waals surface area contributed by atoms with Crippen molar-refractivity contribution in [2.24, 2.45) is 5.41 Å². The standard InChI is InChI=1S/C18H26FNO2/c1-16(2)12-21-18(22-13-16)11-5-4-10-17(18,20-3)14-6-8-15(19)9-7-14/h6-9,20H,4-5,10-13H2,1-3H3/t17-/m1/s1. The lowest BCUT2D eigenvalue weighted by atomic mass is 9.70. The molecule has 0 unspecified atom stereocenters. The van der Waals surface area contributed by atoms with Gasteiger partial charge >= 0.3 is 0 Å². The van der Waals surface area contributed by atoms with E-state index in [2.05, 4.69) is 19.2 Å². The molecule has 1 aromatic rings. The fraction of sp³-hybridized carbons (Fsp3) is 0.667. The molecule has 1 aromatic carbocycles. The summed E-state index contributed by atoms with van der Waals surface area (Å²) in [5, 5.41) is 3.47. The summed E-state index contributed by atoms with van der Waals surface area (Å²) in [4.78, 5) is 0. The van der Waals surface area contributed by atoms with Crippen LogP contribution >= 0.6 is 0 Å². The van der Waals surface area contributed by atoms with E-state index >= 15 is 0 Å². The van der Waals surface area contributed by atoms with Crippen LogP contribution in [-0.2, 0) is 15.0 Å². The SMILES string of the molecule is CN[C@@]1(c2ccc(F)cc2)CCCCC12OCC(C)(C)CO2. The monoisotopic (exact) mass is 307 g/mol. The van der Waals surface area contributed by atoms with E-state index in [1.54, 1.807) is 0 Å². The summed E-state index contributed by atoms with van der Waals surface area (Å²) in [7, 11) is 1.95. The number of likely N-dealkylation sites (N-methyl/N-ethyl adjacent to an activating group) is 1. The van der Waals surface area contributed by atoms with Crippen molar-refractivity contribution in [1.82, 2.24) is 5.32 Å². The maximum Gasteiger partial charge on any atom is 0.190 e. The highest BCUT2D eigenvalue weighted by Crippen LogP contribution is 2.50. The summed E-state index contributed by atoms with van der Waals surface area (Å²) < 4.78 is 26.0. The van der Waals surface area contributed by atoms with Crippen LogP contribution < -0.4 is 5.32 Å². The molecule has 1 N–H and O–H groups in total. The van der Waals surface area contributed by atoms with Crippen molar-refractivity contribution in [3.05, 3.63) is 35.6 Å². The highest BCUT2D eigenvalue weighted by Gasteiger charge is 2.57. The third kappa shape index (κ3) is 2.47. The number of benzene rings is 1. The van der Waals surface area contributed by atoms with Crippen LogP contribution in [0.15, 0.2) is 24.3 Å². The molecule has 3 rings (SSSR count). The Morgan fingerprint density at radius 3 is 2.18 bits per heavy atom. The number of hydrogen-bond donors (Lipinski definition) is 1. The number of rotatable bonds is 2. The first-order valence-electron chi connectivity index (χ1n) is 8.16. The molecule has 122 valence electrons. The Balaban J connectivity index is 2.01. The average Bonchev–Trinajstić information content (AvgIpc) is 2.52. The average molecular weight is 307 g/mol. The van der Waals surface area contributed by atoms with Crippen molar-refractivity contribution in [3.8, 4) is 0 Å². The van der Waals surface area contributed by atoms with E-state index in [1.807, 2.05) is 19.2 Å². The van der Waals surface area contributed by atoms with Gasteiger partial charge in [0.1, 0.15) is 5.82 Å². The minimum absolute atomic E-state index is 0.0327. The quantitative estimate of drug-likeness (QED) is 0.906. The molecule has 0 radical (unpaired) electrons. The first kappa shape index (κ1) is 15.9. The maximum absolute atomic E-state index is 13.3. The zero-order chi connectivity index (χ0) is 15.8. The second kappa shape index (κ2) is 5.59. The third-order valence-electron chi connectivity index (χ3n) is 5.11. The van der Waals surface area contributed by atoms with E-state index in [1.165, 1.54) is 12.1 Å². The van der Waals surface area contributed by atoms with Gasteiger partial charge in [0.25, 0.3) is 0 Å². The lowest BCUT2D eigenvalue weighted by Gasteiger charge is -2.56. The largest absolute Gasteiger partial charge is 0.347 e. The zero-order valence-electron chi connectivity index (χ0n) is 13.7. The molecule has 0 bridgehead atoms. The van der Waals surface area contributed by atoms with E-state index in [9.17, 15) is 4.39 Å². The van der Waals surface area contributed by atoms with Gasteiger partial charge in [-0.25, -0.2) is 4.39 Å². The van der Waals surface area contributed by atoms with Crippen molar-refractivity contribution >= 4 is 0 Å². The number of ether oxygens (including phenoxy) is 2. The molecule has 1 spiro atoms. The van der Waals surface area contributed by atoms with E-state index < -0.39 is 11.3 Å². The van der Waals surface area contributed by atoms with Crippen LogP contribution in [0.3, 0.4) is 0 Å². The molecule has 1 saturated heterocycles. The molecule has 1 saturated carbocycles. The van der Waals surface area contributed by atoms with Crippen molar-refractivity contribution in [3.63, 3.8) is 0 Å². The molecule has 1 heterocycles. The van der Waals surface area contributed by atoms with Gasteiger partial charge < -0.3 is 14.8 Å². The third-order valence-corrected chi connectivity index (χ3v) is 5.11. The van der Waals surface area contributed by atoms with Crippen LogP contribution in [0.4, 0.5) is 4.39 Å². The van der Waals surface area contributed by atoms with E-state index in [0.29, 0.717) is 13.2 Å². The summed E-state index contributed by atoms with van der Waals surface area (Å²) in [6.45, 7) is 5.67. The molecule has 4 heteroatoms. The van der Waals surface area contributed by atoms with E-state index in [0.717, 1.165) is 31.2 Å². The minimum atomic E-state index is -0.659. The highest BCUT2D eigenvalue weighted by molar-refractivity contribution is 5.29. The number of halogens is 1. The summed E-state index contributed by atoms with van der Waals surface area (Å²) in [5.74, 6) is -0.876. The predicted octanol–water partition coefficient (Wildman–Crippen LogP) is 3.58. The lowest BCUT2D eigenvalue weighted by molar-refractivity contribution is -0.345. The van der Waals surface area contributed by atoms with Crippen LogP contribution in [0.2, 0.25) is 0 Å². The van der Waals surface area contributed by atoms with Crippen LogP contribution in [0, 0.1) is 11.2 Å². The van der Waals surface area contributed by atoms with Gasteiger partial charge in [-0.15, -0.1) is 0 Å². The Morgan fingerprint density at radius 2 is 1.59 bits per heavy atom. The fourth-order valence-electron chi connectivity index (χ4n) is 3.81. The summed E-state index contributed by atoms with van der Waals surface area (Å²) in [6, 6.07) is 6.74. The Hall–Kier alpha value is -0.970. The van der Waals surface area contributed by atoms with Crippen molar-refractivity contribution in [2.45, 2.75) is 50.9 Å². The molecule has 3 nitrogen and oxygen atoms in total. The highest BCUT2D eigenvalue weighted by atomic mass is 19.1. The summed E-state index contributed by atoms with van der Waals surface area (Å²) >= 11 is 0. The zero-order valence-corrected chi connectivity index (χ0v) is 13.7. The predicted molar refractivity (Wildman–Crippen MR) is 84.0 cm³/mol. The van der Waals surface area contributed by atoms with Crippen LogP contribution in [-0.4, -0.2) is 26.0 Å². The fourth-order valence-corrected chi connectivity index (χ4v) is 3.81. The van der Waals surface area contributed by atoms with Crippen LogP contribution in [0.25, 0.3) is 0 Å². The molecule has 0 aromatic heterocycles. The Kier molecular flexibility index (Phi) is 4.04. The van der Waals surface area contributed by atoms with Crippen molar-refractivity contribution < 1.29 is 13.9 Å². The molecular formula is C18H26FNO2. The van der Waals surface area contributed by atoms with Crippen LogP contribution in [0.1, 0.15) is 45.1 Å². The summed E-state index contributed by atoms with van der Waals surface area (Å²) in [5.41, 5.74) is 0.649. The smallest absolute Gasteiger partial charge is 0.190 e. The second-order valence-corrected chi connectivity index (χ2v) is 7.36. The Morgan fingerprint density at radius 1 is 1.00 bits per heavy atom. The van der Waals surface area contributed by atoms with Gasteiger partial charge in [-0.05, 0) is 37.6 Å². The summed E-state index contributed by atoms with van der Waals surface area (Å²) in [6.07, 6.45) is 3.98. The topological polar surface area (TPSA) is 30.5 Å². The molecule has 1 atom stereocenters. The molecule has 22 heavy (non-hydrogen) atoms. The molecule has 2 aliphatic rings. The molecular weight excluding hydrogens is 281 g/mol. The van der Waals surface area contributed by atoms with Crippen molar-refractivity contribution in [2.75, 3.05) is 20.3 Å². The molecule has 1 aliphatic carbocycles. The normalized spacial score (nSPS) is 30.4. The van der Waals surface area contributed by atoms with Gasteiger partial charge in [0.15, 0.2) is 5.79 Å². The van der Waals surface area contributed by atoms with Gasteiger partial charge in [0, 0.05) is 11.8 Å². The van der Waals surface area contributed by atoms with Gasteiger partial charge in [-0.1, -0.05) is 32.4 Å². The van der Waals surface area contributed by atoms with Gasteiger partial charge in [0.2, 0.25) is 0 Å². The van der Waals surface area contributed by atoms with Gasteiger partial charge in [0.05, 0.1) is 18.8 Å². The van der Waals surface area contributed by atoms with Crippen LogP contribution in [0.5, 0.6) is 0 Å². The molecule has 2 fully saturated rings. The van der Waals surface area contributed by atoms with Crippen molar-refractivity contribution in [1.29, 1.82) is 0 Å². The molecule has 0 amide bonds. The second-order valence-electron chi connectivity index (χ2n) is 7.36. The lowest BCUT2D eigenvalue weighted by Crippen LogP contribution is -2.66. The van der Waals surface area contributed by atoms with Gasteiger partial charge in [-0.2, -0.15) is 0 Å². The van der Waals surface area contributed by atoms with E-state index in [4.69, 9.17) is 9.47 Å². The first-order valence-corrected chi connectivity index (χ1v) is 8.16. The molecule has 1 aliphatic heterocycles. The number of nitrogens with one attached hydrogen (secondary N) is 1. The first-order chi connectivity index (χ1) is 10.4. The van der Waals surface area contributed by atoms with E-state index in [-0.39, 0.29) is 11.2 Å². The maximum atomic E-state index is 13.3. The Labute approximate surface area is 132 Å².